The first kappa shape index (κ1) is 63.3. The molecule has 4 unspecified atom stereocenters. The summed E-state index contributed by atoms with van der Waals surface area (Å²) in [5, 5.41) is 153. The third-order valence-electron chi connectivity index (χ3n) is 22.3. The van der Waals surface area contributed by atoms with Crippen molar-refractivity contribution in [2.75, 3.05) is 26.4 Å². The van der Waals surface area contributed by atoms with Gasteiger partial charge in [0, 0.05) is 0 Å². The molecule has 25 heteroatoms. The minimum atomic E-state index is -1.95. The second kappa shape index (κ2) is 23.0. The van der Waals surface area contributed by atoms with Gasteiger partial charge in [-0.2, -0.15) is 0 Å². The molecule has 0 bridgehead atoms. The molecule has 5 heterocycles. The van der Waals surface area contributed by atoms with Crippen LogP contribution in [-0.2, 0) is 52.2 Å². The molecule has 10 rings (SSSR count). The first-order valence-electron chi connectivity index (χ1n) is 29.5. The number of hydrogen-bond acceptors (Lipinski definition) is 25. The third kappa shape index (κ3) is 10.4. The van der Waals surface area contributed by atoms with E-state index in [2.05, 4.69) is 54.5 Å². The predicted octanol–water partition coefficient (Wildman–Crippen LogP) is -2.30. The molecule has 0 aromatic heterocycles. The number of esters is 1. The van der Waals surface area contributed by atoms with Crippen molar-refractivity contribution in [1.29, 1.82) is 0 Å². The third-order valence-corrected chi connectivity index (χ3v) is 22.3. The number of hydrogen-bond donors (Lipinski definition) is 14. The average Bonchev–Trinajstić information content (AvgIpc) is 0.745. The molecule has 0 amide bonds. The average molecular weight is 1180 g/mol. The molecule has 82 heavy (non-hydrogen) atoms. The van der Waals surface area contributed by atoms with Crippen LogP contribution in [0.4, 0.5) is 0 Å². The second-order valence-electron chi connectivity index (χ2n) is 27.8. The molecule has 0 spiro atoms. The summed E-state index contributed by atoms with van der Waals surface area (Å²) in [6.07, 6.45) is -28.7. The summed E-state index contributed by atoms with van der Waals surface area (Å²) in [6.45, 7) is 15.1. The molecule has 5 aliphatic carbocycles. The van der Waals surface area contributed by atoms with Crippen molar-refractivity contribution < 1.29 is 124 Å². The van der Waals surface area contributed by atoms with E-state index >= 15 is 4.79 Å². The standard InChI is InChI=1S/C57H92O25/c1-23-43(79-47-42(71)44(28(61)22-74-47)80-46-39(68)34(63)26(59)20-73-46)38(67)41(70)48(76-23)81-45-35(64)27(60)21-75-50(45)82-51(72)57-16-15-52(2,3)17-25(57)24-9-10-31-54(6)13-12-33(78-49-40(69)37(66)36(65)29(19-58)77-49)53(4,5)30(54)11-14-55(31,7)56(24,8)18-32(57)62/h9,23,25-50,58-71H,10-22H2,1-8H3/t23-,25?,26-,27-,28+,29+,30?,31?,32+,33-,34+,35-,36+,37-,38-,39+,40+,41+,42+,43-,44-,45+,46-,47-,48-,49-,50-,54-,55+,56+,57?/m0/s1. The lowest BCUT2D eigenvalue weighted by Gasteiger charge is -2.71. The molecule has 9 fully saturated rings. The predicted molar refractivity (Wildman–Crippen MR) is 277 cm³/mol. The van der Waals surface area contributed by atoms with Gasteiger partial charge in [-0.25, -0.2) is 0 Å². The molecule has 31 atom stereocenters. The molecular formula is C57H92O25. The van der Waals surface area contributed by atoms with Crippen molar-refractivity contribution >= 4 is 5.97 Å². The summed E-state index contributed by atoms with van der Waals surface area (Å²) in [5.74, 6) is -0.982. The first-order chi connectivity index (χ1) is 38.4. The molecule has 25 nitrogen and oxygen atoms in total. The Labute approximate surface area is 477 Å². The first-order valence-corrected chi connectivity index (χ1v) is 29.5. The Bertz CT molecular complexity index is 2290. The summed E-state index contributed by atoms with van der Waals surface area (Å²) in [5.41, 5.74) is -2.23. The summed E-state index contributed by atoms with van der Waals surface area (Å²) in [6, 6.07) is 0. The molecule has 10 aliphatic rings. The van der Waals surface area contributed by atoms with Crippen molar-refractivity contribution in [3.8, 4) is 0 Å². The Hall–Kier alpha value is -1.71. The van der Waals surface area contributed by atoms with Gasteiger partial charge >= 0.3 is 5.97 Å². The van der Waals surface area contributed by atoms with Crippen molar-refractivity contribution in [3.63, 3.8) is 0 Å². The molecule has 5 aliphatic heterocycles. The zero-order chi connectivity index (χ0) is 59.7. The van der Waals surface area contributed by atoms with Gasteiger partial charge in [-0.15, -0.1) is 0 Å². The highest BCUT2D eigenvalue weighted by molar-refractivity contribution is 5.80. The van der Waals surface area contributed by atoms with Crippen molar-refractivity contribution in [3.05, 3.63) is 11.6 Å². The van der Waals surface area contributed by atoms with Gasteiger partial charge in [0.15, 0.2) is 31.3 Å². The van der Waals surface area contributed by atoms with Gasteiger partial charge < -0.3 is 119 Å². The van der Waals surface area contributed by atoms with Gasteiger partial charge in [-0.1, -0.05) is 60.1 Å². The summed E-state index contributed by atoms with van der Waals surface area (Å²) < 4.78 is 59.1. The lowest BCUT2D eigenvalue weighted by atomic mass is 9.33. The van der Waals surface area contributed by atoms with Crippen LogP contribution in [0.1, 0.15) is 113 Å². The minimum absolute atomic E-state index is 0.141. The van der Waals surface area contributed by atoms with E-state index in [1.165, 1.54) is 6.92 Å². The monoisotopic (exact) mass is 1180 g/mol. The second-order valence-corrected chi connectivity index (χ2v) is 27.8. The van der Waals surface area contributed by atoms with Gasteiger partial charge in [-0.3, -0.25) is 4.79 Å². The maximum Gasteiger partial charge on any atom is 0.317 e. The van der Waals surface area contributed by atoms with Crippen LogP contribution in [0, 0.1) is 50.2 Å². The van der Waals surface area contributed by atoms with Crippen LogP contribution in [0.15, 0.2) is 11.6 Å². The smallest absolute Gasteiger partial charge is 0.317 e. The highest BCUT2D eigenvalue weighted by atomic mass is 16.8. The Kier molecular flexibility index (Phi) is 17.8. The van der Waals surface area contributed by atoms with Crippen LogP contribution >= 0.6 is 0 Å². The fraction of sp³-hybridized carbons (Fsp3) is 0.947. The number of rotatable bonds is 11. The number of allylic oxidation sites excluding steroid dienone is 2. The van der Waals surface area contributed by atoms with E-state index in [4.69, 9.17) is 47.4 Å². The van der Waals surface area contributed by atoms with Gasteiger partial charge in [0.1, 0.15) is 97.0 Å². The number of ether oxygens (including phenoxy) is 10. The van der Waals surface area contributed by atoms with E-state index in [-0.39, 0.29) is 47.0 Å². The SMILES string of the molecule is C[C@@H]1O[C@@H](O[C@H]2[C@H](OC(=O)C34CCC(C)(C)CC3C3=CCC5[C@@]6(C)CC[C@H](O[C@@H]7O[C@H](CO)[C@@H](O)[C@H](O)[C@H]7O)C(C)(C)C6CC[C@@]5(C)[C@]3(C)C[C@H]4O)OC[C@H](O)[C@@H]2O)[C@H](O)[C@H](O)[C@H]1O[C@@H]1OC[C@@H](O)[C@H](O[C@@H]2OC[C@H](O)[C@@H](O)[C@H]2O)[C@H]1O. The topological polar surface area (TPSA) is 393 Å². The number of aliphatic hydroxyl groups excluding tert-OH is 14. The van der Waals surface area contributed by atoms with Gasteiger partial charge in [0.05, 0.1) is 44.7 Å². The lowest BCUT2D eigenvalue weighted by molar-refractivity contribution is -0.375. The molecule has 0 aromatic carbocycles. The quantitative estimate of drug-likeness (QED) is 0.0588. The van der Waals surface area contributed by atoms with Crippen LogP contribution < -0.4 is 0 Å². The molecule has 470 valence electrons. The van der Waals surface area contributed by atoms with Crippen molar-refractivity contribution in [2.45, 2.75) is 261 Å². The Morgan fingerprint density at radius 3 is 1.83 bits per heavy atom. The van der Waals surface area contributed by atoms with E-state index < -0.39 is 196 Å². The number of aliphatic hydroxyl groups is 14. The van der Waals surface area contributed by atoms with Gasteiger partial charge in [0.25, 0.3) is 0 Å². The van der Waals surface area contributed by atoms with E-state index in [0.29, 0.717) is 25.7 Å². The normalized spacial score (nSPS) is 54.8. The van der Waals surface area contributed by atoms with Gasteiger partial charge in [-0.05, 0) is 110 Å². The molecule has 0 aromatic rings. The Morgan fingerprint density at radius 2 is 1.15 bits per heavy atom. The highest BCUT2D eigenvalue weighted by Crippen LogP contribution is 2.76. The van der Waals surface area contributed by atoms with Gasteiger partial charge in [0.2, 0.25) is 6.29 Å². The molecule has 5 saturated heterocycles. The Morgan fingerprint density at radius 1 is 0.561 bits per heavy atom. The van der Waals surface area contributed by atoms with Crippen LogP contribution in [-0.4, -0.2) is 251 Å². The molecular weight excluding hydrogens is 1080 g/mol. The van der Waals surface area contributed by atoms with E-state index in [9.17, 15) is 71.5 Å². The largest absolute Gasteiger partial charge is 0.432 e. The van der Waals surface area contributed by atoms with Crippen LogP contribution in [0.2, 0.25) is 0 Å². The van der Waals surface area contributed by atoms with Crippen LogP contribution in [0.25, 0.3) is 0 Å². The van der Waals surface area contributed by atoms with E-state index in [0.717, 1.165) is 24.8 Å². The zero-order valence-electron chi connectivity index (χ0n) is 48.1. The number of fused-ring (bicyclic) bond motifs is 7. The van der Waals surface area contributed by atoms with Crippen molar-refractivity contribution in [1.82, 2.24) is 0 Å². The van der Waals surface area contributed by atoms with Crippen LogP contribution in [0.3, 0.4) is 0 Å². The van der Waals surface area contributed by atoms with E-state index in [1.54, 1.807) is 0 Å². The maximum atomic E-state index is 15.4. The summed E-state index contributed by atoms with van der Waals surface area (Å²) in [7, 11) is 0. The zero-order valence-corrected chi connectivity index (χ0v) is 48.1. The van der Waals surface area contributed by atoms with Crippen molar-refractivity contribution in [2.24, 2.45) is 50.2 Å². The maximum absolute atomic E-state index is 15.4. The number of carbonyl (C=O) groups is 1. The fourth-order valence-corrected chi connectivity index (χ4v) is 17.2. The molecule has 0 radical (unpaired) electrons. The fourth-order valence-electron chi connectivity index (χ4n) is 17.2. The summed E-state index contributed by atoms with van der Waals surface area (Å²) >= 11 is 0. The lowest BCUT2D eigenvalue weighted by Crippen LogP contribution is -2.68. The molecule has 4 saturated carbocycles. The number of carbonyl (C=O) groups excluding carboxylic acids is 1. The minimum Gasteiger partial charge on any atom is -0.432 e. The van der Waals surface area contributed by atoms with E-state index in [1.807, 2.05) is 0 Å². The van der Waals surface area contributed by atoms with Crippen LogP contribution in [0.5, 0.6) is 0 Å². The summed E-state index contributed by atoms with van der Waals surface area (Å²) in [4.78, 5) is 15.4. The molecule has 14 N–H and O–H groups in total. The highest BCUT2D eigenvalue weighted by Gasteiger charge is 2.72. The Balaban J connectivity index is 0.844.